The molecule has 1 unspecified atom stereocenters. The van der Waals surface area contributed by atoms with Crippen molar-refractivity contribution in [2.45, 2.75) is 374 Å². The number of ether oxygens (including phenoxy) is 3. The molecule has 0 aliphatic rings. The molecule has 0 rings (SSSR count). The van der Waals surface area contributed by atoms with E-state index in [9.17, 15) is 14.4 Å². The molecular formula is C71H130O6. The van der Waals surface area contributed by atoms with Crippen molar-refractivity contribution in [2.75, 3.05) is 13.2 Å². The second-order valence-electron chi connectivity index (χ2n) is 23.1. The third-order valence-corrected chi connectivity index (χ3v) is 15.3. The van der Waals surface area contributed by atoms with E-state index in [2.05, 4.69) is 69.4 Å². The minimum absolute atomic E-state index is 0.0782. The fourth-order valence-electron chi connectivity index (χ4n) is 10.1. The molecule has 0 saturated carbocycles. The molecule has 0 amide bonds. The molecule has 0 aromatic heterocycles. The van der Waals surface area contributed by atoms with E-state index in [0.29, 0.717) is 19.3 Å². The zero-order valence-corrected chi connectivity index (χ0v) is 51.7. The summed E-state index contributed by atoms with van der Waals surface area (Å²) in [5.74, 6) is -0.880. The molecule has 0 N–H and O–H groups in total. The summed E-state index contributed by atoms with van der Waals surface area (Å²) in [7, 11) is 0. The van der Waals surface area contributed by atoms with Crippen LogP contribution in [0.2, 0.25) is 0 Å². The molecule has 6 nitrogen and oxygen atoms in total. The Morgan fingerprint density at radius 3 is 0.740 bits per heavy atom. The average molecular weight is 1080 g/mol. The first kappa shape index (κ1) is 74.4. The Kier molecular flexibility index (Phi) is 63.6. The predicted octanol–water partition coefficient (Wildman–Crippen LogP) is 23.3. The van der Waals surface area contributed by atoms with Crippen molar-refractivity contribution >= 4 is 17.9 Å². The Morgan fingerprint density at radius 1 is 0.260 bits per heavy atom. The second kappa shape index (κ2) is 65.9. The largest absolute Gasteiger partial charge is 0.462 e. The van der Waals surface area contributed by atoms with Crippen LogP contribution in [0.1, 0.15) is 367 Å². The van der Waals surface area contributed by atoms with Gasteiger partial charge in [-0.1, -0.05) is 294 Å². The predicted molar refractivity (Wildman–Crippen MR) is 335 cm³/mol. The van der Waals surface area contributed by atoms with E-state index in [1.165, 1.54) is 238 Å². The molecule has 0 saturated heterocycles. The Morgan fingerprint density at radius 2 is 0.468 bits per heavy atom. The quantitative estimate of drug-likeness (QED) is 0.0261. The summed E-state index contributed by atoms with van der Waals surface area (Å²) >= 11 is 0. The number of hydrogen-bond acceptors (Lipinski definition) is 6. The molecule has 0 radical (unpaired) electrons. The van der Waals surface area contributed by atoms with Gasteiger partial charge in [-0.2, -0.15) is 0 Å². The fourth-order valence-corrected chi connectivity index (χ4v) is 10.1. The van der Waals surface area contributed by atoms with Crippen LogP contribution in [0.15, 0.2) is 48.6 Å². The summed E-state index contributed by atoms with van der Waals surface area (Å²) in [6.07, 6.45) is 82.8. The van der Waals surface area contributed by atoms with E-state index in [4.69, 9.17) is 14.2 Å². The van der Waals surface area contributed by atoms with E-state index in [0.717, 1.165) is 89.9 Å². The van der Waals surface area contributed by atoms with Crippen LogP contribution in [-0.4, -0.2) is 37.2 Å². The molecule has 0 aliphatic heterocycles. The van der Waals surface area contributed by atoms with Gasteiger partial charge in [0, 0.05) is 19.3 Å². The lowest BCUT2D eigenvalue weighted by Crippen LogP contribution is -2.30. The van der Waals surface area contributed by atoms with E-state index in [1.807, 2.05) is 0 Å². The summed E-state index contributed by atoms with van der Waals surface area (Å²) < 4.78 is 16.9. The molecule has 0 fully saturated rings. The molecule has 0 heterocycles. The van der Waals surface area contributed by atoms with Gasteiger partial charge in [0.05, 0.1) is 0 Å². The highest BCUT2D eigenvalue weighted by atomic mass is 16.6. The first-order chi connectivity index (χ1) is 38.0. The van der Waals surface area contributed by atoms with E-state index in [-0.39, 0.29) is 31.1 Å². The third kappa shape index (κ3) is 64.1. The molecule has 0 aliphatic carbocycles. The van der Waals surface area contributed by atoms with Crippen LogP contribution in [0.3, 0.4) is 0 Å². The van der Waals surface area contributed by atoms with Crippen molar-refractivity contribution < 1.29 is 28.6 Å². The molecule has 0 aromatic rings. The number of allylic oxidation sites excluding steroid dienone is 8. The molecule has 0 spiro atoms. The maximum absolute atomic E-state index is 12.9. The van der Waals surface area contributed by atoms with Gasteiger partial charge in [0.15, 0.2) is 6.10 Å². The SMILES string of the molecule is CCCCCC/C=C\C/C=C\CCCCCCCC(=O)OC(COC(=O)CCCCCCC/C=C\CCCCCCC)COC(=O)CCCCCCCCCCCCCCCCCCC/C=C\CCCCCCCCCC. The number of esters is 3. The smallest absolute Gasteiger partial charge is 0.306 e. The zero-order chi connectivity index (χ0) is 55.7. The van der Waals surface area contributed by atoms with Gasteiger partial charge >= 0.3 is 17.9 Å². The number of rotatable bonds is 63. The van der Waals surface area contributed by atoms with Crippen molar-refractivity contribution in [3.05, 3.63) is 48.6 Å². The van der Waals surface area contributed by atoms with Crippen LogP contribution in [0.5, 0.6) is 0 Å². The van der Waals surface area contributed by atoms with Crippen LogP contribution in [0.4, 0.5) is 0 Å². The third-order valence-electron chi connectivity index (χ3n) is 15.3. The van der Waals surface area contributed by atoms with Gasteiger partial charge in [-0.25, -0.2) is 0 Å². The van der Waals surface area contributed by atoms with Crippen molar-refractivity contribution in [2.24, 2.45) is 0 Å². The summed E-state index contributed by atoms with van der Waals surface area (Å²) in [5, 5.41) is 0. The molecule has 77 heavy (non-hydrogen) atoms. The molecular weight excluding hydrogens is 949 g/mol. The maximum Gasteiger partial charge on any atom is 0.306 e. The highest BCUT2D eigenvalue weighted by molar-refractivity contribution is 5.71. The van der Waals surface area contributed by atoms with Crippen molar-refractivity contribution in [1.29, 1.82) is 0 Å². The summed E-state index contributed by atoms with van der Waals surface area (Å²) in [4.78, 5) is 38.3. The average Bonchev–Trinajstić information content (AvgIpc) is 3.43. The van der Waals surface area contributed by atoms with Gasteiger partial charge < -0.3 is 14.2 Å². The monoisotopic (exact) mass is 1080 g/mol. The van der Waals surface area contributed by atoms with Gasteiger partial charge in [0.1, 0.15) is 13.2 Å². The zero-order valence-electron chi connectivity index (χ0n) is 51.7. The van der Waals surface area contributed by atoms with Gasteiger partial charge in [0.25, 0.3) is 0 Å². The highest BCUT2D eigenvalue weighted by Gasteiger charge is 2.19. The molecule has 0 aromatic carbocycles. The summed E-state index contributed by atoms with van der Waals surface area (Å²) in [6.45, 7) is 6.65. The van der Waals surface area contributed by atoms with Gasteiger partial charge in [-0.15, -0.1) is 0 Å². The highest BCUT2D eigenvalue weighted by Crippen LogP contribution is 2.17. The number of carbonyl (C=O) groups is 3. The maximum atomic E-state index is 12.9. The topological polar surface area (TPSA) is 78.9 Å². The van der Waals surface area contributed by atoms with Crippen LogP contribution in [-0.2, 0) is 28.6 Å². The minimum Gasteiger partial charge on any atom is -0.462 e. The van der Waals surface area contributed by atoms with Crippen LogP contribution >= 0.6 is 0 Å². The number of hydrogen-bond donors (Lipinski definition) is 0. The number of unbranched alkanes of at least 4 members (excludes halogenated alkanes) is 44. The lowest BCUT2D eigenvalue weighted by molar-refractivity contribution is -0.167. The Hall–Kier alpha value is -2.63. The van der Waals surface area contributed by atoms with E-state index in [1.54, 1.807) is 0 Å². The van der Waals surface area contributed by atoms with Crippen LogP contribution < -0.4 is 0 Å². The minimum atomic E-state index is -0.783. The molecule has 450 valence electrons. The van der Waals surface area contributed by atoms with Crippen LogP contribution in [0, 0.1) is 0 Å². The Labute approximate surface area is 479 Å². The Balaban J connectivity index is 4.20. The number of carbonyl (C=O) groups excluding carboxylic acids is 3. The van der Waals surface area contributed by atoms with Gasteiger partial charge in [-0.3, -0.25) is 14.4 Å². The van der Waals surface area contributed by atoms with Crippen molar-refractivity contribution in [3.8, 4) is 0 Å². The lowest BCUT2D eigenvalue weighted by Gasteiger charge is -2.18. The normalized spacial score (nSPS) is 12.3. The molecule has 1 atom stereocenters. The standard InChI is InChI=1S/C71H130O6/c1-4-7-10-13-16-19-22-25-28-30-31-32-33-34-35-36-37-38-39-40-41-42-44-46-49-52-55-58-61-64-70(73)76-67-68(66-75-69(72)63-60-57-54-51-48-45-27-24-21-18-15-12-9-6-3)77-71(74)65-62-59-56-53-50-47-43-29-26-23-20-17-14-11-8-5-2/h20,23-24,27,29-31,43,68H,4-19,21-22,25-26,28,32-42,44-67H2,1-3H3/b23-20-,27-24-,31-30-,43-29-. The van der Waals surface area contributed by atoms with Crippen molar-refractivity contribution in [1.82, 2.24) is 0 Å². The second-order valence-corrected chi connectivity index (χ2v) is 23.1. The van der Waals surface area contributed by atoms with Crippen LogP contribution in [0.25, 0.3) is 0 Å². The summed E-state index contributed by atoms with van der Waals surface area (Å²) in [5.41, 5.74) is 0. The first-order valence-corrected chi connectivity index (χ1v) is 34.1. The van der Waals surface area contributed by atoms with Crippen molar-refractivity contribution in [3.63, 3.8) is 0 Å². The van der Waals surface area contributed by atoms with Gasteiger partial charge in [-0.05, 0) is 103 Å². The molecule has 0 bridgehead atoms. The summed E-state index contributed by atoms with van der Waals surface area (Å²) in [6, 6.07) is 0. The first-order valence-electron chi connectivity index (χ1n) is 34.1. The fraction of sp³-hybridized carbons (Fsp3) is 0.845. The lowest BCUT2D eigenvalue weighted by atomic mass is 10.0. The molecule has 6 heteroatoms. The Bertz CT molecular complexity index is 1330. The van der Waals surface area contributed by atoms with E-state index < -0.39 is 6.10 Å². The van der Waals surface area contributed by atoms with Gasteiger partial charge in [0.2, 0.25) is 0 Å². The van der Waals surface area contributed by atoms with E-state index >= 15 is 0 Å².